The van der Waals surface area contributed by atoms with E-state index in [1.165, 1.54) is 0 Å². The van der Waals surface area contributed by atoms with Crippen molar-refractivity contribution in [3.63, 3.8) is 0 Å². The Bertz CT molecular complexity index is 348. The Kier molecular flexibility index (Phi) is 5.22. The maximum atomic E-state index is 11.7. The van der Waals surface area contributed by atoms with E-state index in [2.05, 4.69) is 10.3 Å². The standard InChI is InChI=1S/C11H16ClN3O/c1-8-6-9(7-10(12)15-8)11(16)14-5-3-2-4-13/h6-7H,2-5,13H2,1H3,(H,14,16). The number of nitrogens with one attached hydrogen (secondary N) is 1. The number of hydrogen-bond acceptors (Lipinski definition) is 3. The molecule has 4 nitrogen and oxygen atoms in total. The van der Waals surface area contributed by atoms with E-state index in [4.69, 9.17) is 17.3 Å². The van der Waals surface area contributed by atoms with Crippen molar-refractivity contribution in [2.45, 2.75) is 19.8 Å². The van der Waals surface area contributed by atoms with Crippen LogP contribution in [0, 0.1) is 6.92 Å². The van der Waals surface area contributed by atoms with Crippen LogP contribution in [-0.2, 0) is 0 Å². The third-order valence-electron chi connectivity index (χ3n) is 2.10. The molecule has 0 unspecified atom stereocenters. The van der Waals surface area contributed by atoms with Crippen molar-refractivity contribution in [2.75, 3.05) is 13.1 Å². The number of unbranched alkanes of at least 4 members (excludes halogenated alkanes) is 1. The predicted molar refractivity (Wildman–Crippen MR) is 64.6 cm³/mol. The van der Waals surface area contributed by atoms with Crippen LogP contribution in [0.1, 0.15) is 28.9 Å². The van der Waals surface area contributed by atoms with Gasteiger partial charge in [0, 0.05) is 17.8 Å². The maximum Gasteiger partial charge on any atom is 0.251 e. The Hall–Kier alpha value is -1.13. The molecule has 0 atom stereocenters. The summed E-state index contributed by atoms with van der Waals surface area (Å²) in [4.78, 5) is 15.7. The lowest BCUT2D eigenvalue weighted by Gasteiger charge is -2.05. The Balaban J connectivity index is 2.52. The van der Waals surface area contributed by atoms with Gasteiger partial charge in [0.05, 0.1) is 0 Å². The van der Waals surface area contributed by atoms with E-state index in [-0.39, 0.29) is 5.91 Å². The van der Waals surface area contributed by atoms with Crippen molar-refractivity contribution >= 4 is 17.5 Å². The van der Waals surface area contributed by atoms with Gasteiger partial charge in [-0.2, -0.15) is 0 Å². The van der Waals surface area contributed by atoms with Gasteiger partial charge in [0.15, 0.2) is 0 Å². The number of carbonyl (C=O) groups excluding carboxylic acids is 1. The van der Waals surface area contributed by atoms with Crippen molar-refractivity contribution in [1.29, 1.82) is 0 Å². The van der Waals surface area contributed by atoms with Crippen molar-refractivity contribution in [2.24, 2.45) is 5.73 Å². The molecule has 88 valence electrons. The zero-order valence-corrected chi connectivity index (χ0v) is 10.0. The summed E-state index contributed by atoms with van der Waals surface area (Å²) in [6.07, 6.45) is 1.80. The third-order valence-corrected chi connectivity index (χ3v) is 2.29. The first-order chi connectivity index (χ1) is 7.63. The summed E-state index contributed by atoms with van der Waals surface area (Å²) in [6, 6.07) is 3.27. The SMILES string of the molecule is Cc1cc(C(=O)NCCCCN)cc(Cl)n1. The molecule has 0 fully saturated rings. The van der Waals surface area contributed by atoms with Crippen molar-refractivity contribution < 1.29 is 4.79 Å². The highest BCUT2D eigenvalue weighted by atomic mass is 35.5. The van der Waals surface area contributed by atoms with Crippen LogP contribution in [0.3, 0.4) is 0 Å². The van der Waals surface area contributed by atoms with Crippen LogP contribution >= 0.6 is 11.6 Å². The van der Waals surface area contributed by atoms with Crippen molar-refractivity contribution in [1.82, 2.24) is 10.3 Å². The normalized spacial score (nSPS) is 10.2. The summed E-state index contributed by atoms with van der Waals surface area (Å²) in [5.41, 5.74) is 6.64. The lowest BCUT2D eigenvalue weighted by molar-refractivity contribution is 0.0953. The van der Waals surface area contributed by atoms with Crippen LogP contribution in [0.2, 0.25) is 5.15 Å². The summed E-state index contributed by atoms with van der Waals surface area (Å²) < 4.78 is 0. The number of amides is 1. The predicted octanol–water partition coefficient (Wildman–Crippen LogP) is 1.51. The highest BCUT2D eigenvalue weighted by Crippen LogP contribution is 2.10. The minimum absolute atomic E-state index is 0.121. The molecule has 0 radical (unpaired) electrons. The highest BCUT2D eigenvalue weighted by molar-refractivity contribution is 6.29. The molecule has 5 heteroatoms. The van der Waals surface area contributed by atoms with Crippen molar-refractivity contribution in [3.8, 4) is 0 Å². The molecule has 0 aliphatic carbocycles. The molecule has 0 saturated heterocycles. The smallest absolute Gasteiger partial charge is 0.251 e. The van der Waals surface area contributed by atoms with Crippen LogP contribution in [0.15, 0.2) is 12.1 Å². The fourth-order valence-electron chi connectivity index (χ4n) is 1.33. The van der Waals surface area contributed by atoms with Gasteiger partial charge in [0.1, 0.15) is 5.15 Å². The maximum absolute atomic E-state index is 11.7. The Morgan fingerprint density at radius 3 is 2.88 bits per heavy atom. The summed E-state index contributed by atoms with van der Waals surface area (Å²) in [5, 5.41) is 3.15. The molecule has 1 amide bonds. The first kappa shape index (κ1) is 12.9. The third kappa shape index (κ3) is 4.16. The average Bonchev–Trinajstić information content (AvgIpc) is 2.22. The summed E-state index contributed by atoms with van der Waals surface area (Å²) in [5.74, 6) is -0.121. The molecule has 1 aromatic heterocycles. The number of aryl methyl sites for hydroxylation is 1. The number of aromatic nitrogens is 1. The van der Waals surface area contributed by atoms with E-state index in [9.17, 15) is 4.79 Å². The first-order valence-electron chi connectivity index (χ1n) is 5.26. The van der Waals surface area contributed by atoms with Gasteiger partial charge in [-0.1, -0.05) is 11.6 Å². The number of rotatable bonds is 5. The monoisotopic (exact) mass is 241 g/mol. The molecular formula is C11H16ClN3O. The number of nitrogens with two attached hydrogens (primary N) is 1. The van der Waals surface area contributed by atoms with Crippen LogP contribution in [0.5, 0.6) is 0 Å². The molecule has 0 aliphatic rings. The molecule has 1 rings (SSSR count). The first-order valence-corrected chi connectivity index (χ1v) is 5.63. The number of hydrogen-bond donors (Lipinski definition) is 2. The van der Waals surface area contributed by atoms with E-state index in [0.717, 1.165) is 18.5 Å². The molecule has 0 spiro atoms. The van der Waals surface area contributed by atoms with Crippen LogP contribution in [0.25, 0.3) is 0 Å². The average molecular weight is 242 g/mol. The molecule has 1 aromatic rings. The largest absolute Gasteiger partial charge is 0.352 e. The molecule has 0 aliphatic heterocycles. The summed E-state index contributed by atoms with van der Waals surface area (Å²) >= 11 is 5.77. The fourth-order valence-corrected chi connectivity index (χ4v) is 1.58. The summed E-state index contributed by atoms with van der Waals surface area (Å²) in [6.45, 7) is 3.09. The zero-order chi connectivity index (χ0) is 12.0. The molecule has 16 heavy (non-hydrogen) atoms. The van der Waals surface area contributed by atoms with Gasteiger partial charge >= 0.3 is 0 Å². The lowest BCUT2D eigenvalue weighted by Crippen LogP contribution is -2.25. The van der Waals surface area contributed by atoms with Gasteiger partial charge in [0.2, 0.25) is 0 Å². The van der Waals surface area contributed by atoms with E-state index in [1.54, 1.807) is 19.1 Å². The van der Waals surface area contributed by atoms with Crippen molar-refractivity contribution in [3.05, 3.63) is 28.5 Å². The molecule has 1 heterocycles. The van der Waals surface area contributed by atoms with Crippen LogP contribution in [0.4, 0.5) is 0 Å². The number of nitrogens with zero attached hydrogens (tertiary/aromatic N) is 1. The Labute approximate surface area is 100 Å². The second-order valence-electron chi connectivity index (χ2n) is 3.57. The van der Waals surface area contributed by atoms with Gasteiger partial charge in [-0.05, 0) is 38.4 Å². The zero-order valence-electron chi connectivity index (χ0n) is 9.29. The molecule has 0 saturated carbocycles. The lowest BCUT2D eigenvalue weighted by atomic mass is 10.2. The second-order valence-corrected chi connectivity index (χ2v) is 3.96. The molecular weight excluding hydrogens is 226 g/mol. The minimum atomic E-state index is -0.121. The van der Waals surface area contributed by atoms with E-state index in [0.29, 0.717) is 23.8 Å². The van der Waals surface area contributed by atoms with E-state index < -0.39 is 0 Å². The number of halogens is 1. The van der Waals surface area contributed by atoms with E-state index in [1.807, 2.05) is 0 Å². The fraction of sp³-hybridized carbons (Fsp3) is 0.455. The van der Waals surface area contributed by atoms with Gasteiger partial charge in [-0.25, -0.2) is 4.98 Å². The molecule has 3 N–H and O–H groups in total. The number of pyridine rings is 1. The van der Waals surface area contributed by atoms with Gasteiger partial charge < -0.3 is 11.1 Å². The number of carbonyl (C=O) groups is 1. The highest BCUT2D eigenvalue weighted by Gasteiger charge is 2.06. The van der Waals surface area contributed by atoms with Gasteiger partial charge in [-0.3, -0.25) is 4.79 Å². The molecule has 0 bridgehead atoms. The second kappa shape index (κ2) is 6.45. The van der Waals surface area contributed by atoms with Gasteiger partial charge in [-0.15, -0.1) is 0 Å². The van der Waals surface area contributed by atoms with Crippen LogP contribution < -0.4 is 11.1 Å². The quantitative estimate of drug-likeness (QED) is 0.607. The summed E-state index contributed by atoms with van der Waals surface area (Å²) in [7, 11) is 0. The molecule has 0 aromatic carbocycles. The van der Waals surface area contributed by atoms with Gasteiger partial charge in [0.25, 0.3) is 5.91 Å². The van der Waals surface area contributed by atoms with Crippen LogP contribution in [-0.4, -0.2) is 24.0 Å². The Morgan fingerprint density at radius 1 is 1.50 bits per heavy atom. The topological polar surface area (TPSA) is 68.0 Å². The Morgan fingerprint density at radius 2 is 2.25 bits per heavy atom. The van der Waals surface area contributed by atoms with E-state index >= 15 is 0 Å². The minimum Gasteiger partial charge on any atom is -0.352 e.